The zero-order chi connectivity index (χ0) is 18.4. The number of anilines is 2. The Labute approximate surface area is 139 Å². The molecule has 0 heterocycles. The average molecular weight is 372 g/mol. The summed E-state index contributed by atoms with van der Waals surface area (Å²) < 4.78 is 65.7. The van der Waals surface area contributed by atoms with E-state index in [1.165, 1.54) is 18.2 Å². The molecule has 0 atom stereocenters. The van der Waals surface area contributed by atoms with Crippen molar-refractivity contribution >= 4 is 31.6 Å². The first-order valence-electron chi connectivity index (χ1n) is 6.58. The van der Waals surface area contributed by atoms with Gasteiger partial charge >= 0.3 is 0 Å². The van der Waals surface area contributed by atoms with Crippen molar-refractivity contribution in [3.05, 3.63) is 35.4 Å². The van der Waals surface area contributed by atoms with Crippen molar-refractivity contribution in [2.45, 2.75) is 23.6 Å². The molecule has 6 N–H and O–H groups in total. The SMILES string of the molecule is Cc1ccc(S(=O)(=O)O)c(-c2cc(C)c(N)c(N)c2S(=O)(=O)O)c1. The second-order valence-corrected chi connectivity index (χ2v) is 8.10. The minimum atomic E-state index is -4.81. The van der Waals surface area contributed by atoms with Crippen LogP contribution in [0, 0.1) is 13.8 Å². The highest BCUT2D eigenvalue weighted by atomic mass is 32.2. The van der Waals surface area contributed by atoms with Crippen molar-refractivity contribution in [2.75, 3.05) is 11.5 Å². The second kappa shape index (κ2) is 5.74. The van der Waals surface area contributed by atoms with E-state index in [-0.39, 0.29) is 16.8 Å². The summed E-state index contributed by atoms with van der Waals surface area (Å²) in [6.45, 7) is 3.20. The highest BCUT2D eigenvalue weighted by molar-refractivity contribution is 7.86. The Kier molecular flexibility index (Phi) is 4.35. The Bertz CT molecular complexity index is 1040. The monoisotopic (exact) mass is 372 g/mol. The molecule has 0 unspecified atom stereocenters. The zero-order valence-corrected chi connectivity index (χ0v) is 14.4. The van der Waals surface area contributed by atoms with Crippen molar-refractivity contribution in [3.63, 3.8) is 0 Å². The molecule has 0 aromatic heterocycles. The van der Waals surface area contributed by atoms with Crippen LogP contribution in [0.25, 0.3) is 11.1 Å². The average Bonchev–Trinajstić information content (AvgIpc) is 2.41. The van der Waals surface area contributed by atoms with Gasteiger partial charge in [0.25, 0.3) is 20.2 Å². The first-order valence-corrected chi connectivity index (χ1v) is 9.46. The minimum absolute atomic E-state index is 0.0487. The predicted octanol–water partition coefficient (Wildman–Crippen LogP) is 1.63. The molecule has 2 aromatic rings. The molecule has 24 heavy (non-hydrogen) atoms. The first kappa shape index (κ1) is 18.2. The van der Waals surface area contributed by atoms with Crippen molar-refractivity contribution < 1.29 is 25.9 Å². The van der Waals surface area contributed by atoms with Gasteiger partial charge in [0.05, 0.1) is 11.4 Å². The van der Waals surface area contributed by atoms with Gasteiger partial charge in [0.15, 0.2) is 0 Å². The highest BCUT2D eigenvalue weighted by Gasteiger charge is 2.27. The molecule has 0 spiro atoms. The lowest BCUT2D eigenvalue weighted by Crippen LogP contribution is -2.11. The lowest BCUT2D eigenvalue weighted by molar-refractivity contribution is 0.480. The zero-order valence-electron chi connectivity index (χ0n) is 12.8. The molecule has 8 nitrogen and oxygen atoms in total. The van der Waals surface area contributed by atoms with Crippen LogP contribution < -0.4 is 11.5 Å². The number of aryl methyl sites for hydroxylation is 2. The largest absolute Gasteiger partial charge is 0.397 e. The van der Waals surface area contributed by atoms with Gasteiger partial charge in [-0.25, -0.2) is 0 Å². The summed E-state index contributed by atoms with van der Waals surface area (Å²) in [5.74, 6) is 0. The van der Waals surface area contributed by atoms with Gasteiger partial charge in [0.1, 0.15) is 9.79 Å². The van der Waals surface area contributed by atoms with Crippen LogP contribution in [-0.4, -0.2) is 25.9 Å². The highest BCUT2D eigenvalue weighted by Crippen LogP contribution is 2.40. The molecule has 0 amide bonds. The fourth-order valence-electron chi connectivity index (χ4n) is 2.40. The summed E-state index contributed by atoms with van der Waals surface area (Å²) in [5, 5.41) is 0. The molecular weight excluding hydrogens is 356 g/mol. The summed E-state index contributed by atoms with van der Waals surface area (Å²) >= 11 is 0. The van der Waals surface area contributed by atoms with Crippen LogP contribution in [0.15, 0.2) is 34.1 Å². The number of hydrogen-bond donors (Lipinski definition) is 4. The number of benzene rings is 2. The van der Waals surface area contributed by atoms with Gasteiger partial charge in [-0.05, 0) is 37.6 Å². The maximum absolute atomic E-state index is 11.8. The van der Waals surface area contributed by atoms with E-state index in [0.717, 1.165) is 6.07 Å². The lowest BCUT2D eigenvalue weighted by atomic mass is 9.99. The number of nitrogens with two attached hydrogens (primary N) is 2. The molecule has 10 heteroatoms. The molecule has 0 fully saturated rings. The van der Waals surface area contributed by atoms with E-state index in [0.29, 0.717) is 11.1 Å². The molecule has 0 radical (unpaired) electrons. The topological polar surface area (TPSA) is 161 Å². The van der Waals surface area contributed by atoms with Gasteiger partial charge in [-0.1, -0.05) is 11.6 Å². The number of nitrogen functional groups attached to an aromatic ring is 2. The van der Waals surface area contributed by atoms with E-state index < -0.39 is 35.7 Å². The van der Waals surface area contributed by atoms with Crippen LogP contribution in [-0.2, 0) is 20.2 Å². The van der Waals surface area contributed by atoms with Crippen LogP contribution in [0.2, 0.25) is 0 Å². The van der Waals surface area contributed by atoms with Crippen LogP contribution >= 0.6 is 0 Å². The van der Waals surface area contributed by atoms with Crippen LogP contribution in [0.3, 0.4) is 0 Å². The summed E-state index contributed by atoms with van der Waals surface area (Å²) in [6.07, 6.45) is 0. The van der Waals surface area contributed by atoms with Gasteiger partial charge in [-0.3, -0.25) is 9.11 Å². The van der Waals surface area contributed by atoms with E-state index in [9.17, 15) is 25.9 Å². The number of rotatable bonds is 3. The van der Waals surface area contributed by atoms with Crippen molar-refractivity contribution in [1.29, 1.82) is 0 Å². The molecule has 2 aromatic carbocycles. The summed E-state index contributed by atoms with van der Waals surface area (Å²) in [5.41, 5.74) is 11.7. The van der Waals surface area contributed by atoms with Crippen LogP contribution in [0.4, 0.5) is 11.4 Å². The smallest absolute Gasteiger partial charge is 0.297 e. The normalized spacial score (nSPS) is 12.3. The molecule has 0 aliphatic rings. The van der Waals surface area contributed by atoms with Gasteiger partial charge in [0.2, 0.25) is 0 Å². The second-order valence-electron chi connectivity index (χ2n) is 5.35. The summed E-state index contributed by atoms with van der Waals surface area (Å²) in [7, 11) is -9.45. The third-order valence-corrected chi connectivity index (χ3v) is 5.39. The van der Waals surface area contributed by atoms with E-state index >= 15 is 0 Å². The molecule has 0 aliphatic heterocycles. The molecule has 0 bridgehead atoms. The molecule has 0 saturated carbocycles. The van der Waals surface area contributed by atoms with Crippen LogP contribution in [0.5, 0.6) is 0 Å². The maximum atomic E-state index is 11.8. The Morgan fingerprint density at radius 2 is 1.42 bits per heavy atom. The number of hydrogen-bond acceptors (Lipinski definition) is 6. The maximum Gasteiger partial charge on any atom is 0.297 e. The van der Waals surface area contributed by atoms with Crippen molar-refractivity contribution in [1.82, 2.24) is 0 Å². The predicted molar refractivity (Wildman–Crippen MR) is 89.8 cm³/mol. The Morgan fingerprint density at radius 1 is 0.833 bits per heavy atom. The van der Waals surface area contributed by atoms with Gasteiger partial charge in [0, 0.05) is 11.1 Å². The molecule has 130 valence electrons. The van der Waals surface area contributed by atoms with E-state index in [4.69, 9.17) is 11.5 Å². The molecule has 2 rings (SSSR count). The van der Waals surface area contributed by atoms with Gasteiger partial charge < -0.3 is 11.5 Å². The minimum Gasteiger partial charge on any atom is -0.397 e. The van der Waals surface area contributed by atoms with Crippen molar-refractivity contribution in [3.8, 4) is 11.1 Å². The third kappa shape index (κ3) is 3.22. The van der Waals surface area contributed by atoms with Gasteiger partial charge in [-0.15, -0.1) is 0 Å². The van der Waals surface area contributed by atoms with Gasteiger partial charge in [-0.2, -0.15) is 16.8 Å². The lowest BCUT2D eigenvalue weighted by Gasteiger charge is -2.16. The van der Waals surface area contributed by atoms with E-state index in [1.54, 1.807) is 13.8 Å². The standard InChI is InChI=1S/C14H16N2O6S2/c1-7-3-4-11(23(17,18)19)9(5-7)10-6-8(2)12(15)13(16)14(10)24(20,21)22/h3-6H,15-16H2,1-2H3,(H,17,18,19)(H,20,21,22). The van der Waals surface area contributed by atoms with E-state index in [1.807, 2.05) is 0 Å². The fourth-order valence-corrected chi connectivity index (χ4v) is 3.92. The Balaban J connectivity index is 3.07. The van der Waals surface area contributed by atoms with Crippen molar-refractivity contribution in [2.24, 2.45) is 0 Å². The quantitative estimate of drug-likeness (QED) is 0.467. The third-order valence-electron chi connectivity index (χ3n) is 3.53. The summed E-state index contributed by atoms with van der Waals surface area (Å²) in [6, 6.07) is 5.23. The molecular formula is C14H16N2O6S2. The Morgan fingerprint density at radius 3 is 1.92 bits per heavy atom. The first-order chi connectivity index (χ1) is 10.8. The molecule has 0 saturated heterocycles. The van der Waals surface area contributed by atoms with Crippen LogP contribution in [0.1, 0.15) is 11.1 Å². The fraction of sp³-hybridized carbons (Fsp3) is 0.143. The summed E-state index contributed by atoms with van der Waals surface area (Å²) in [4.78, 5) is -1.22. The Hall–Kier alpha value is -2.14. The van der Waals surface area contributed by atoms with E-state index in [2.05, 4.69) is 0 Å². The molecule has 0 aliphatic carbocycles.